The van der Waals surface area contributed by atoms with Gasteiger partial charge in [0.15, 0.2) is 0 Å². The first-order valence-corrected chi connectivity index (χ1v) is 5.68. The fourth-order valence-electron chi connectivity index (χ4n) is 1.29. The molecule has 0 aliphatic heterocycles. The number of anilines is 1. The molecule has 0 radical (unpaired) electrons. The molecule has 0 unspecified atom stereocenters. The second kappa shape index (κ2) is 4.92. The molecular formula is C11H7FN2O3S. The van der Waals surface area contributed by atoms with Crippen LogP contribution in [0.15, 0.2) is 29.9 Å². The van der Waals surface area contributed by atoms with Crippen LogP contribution in [0.4, 0.5) is 9.39 Å². The van der Waals surface area contributed by atoms with Gasteiger partial charge in [0.25, 0.3) is 5.91 Å². The molecule has 5 nitrogen and oxygen atoms in total. The van der Waals surface area contributed by atoms with E-state index in [9.17, 15) is 14.0 Å². The highest BCUT2D eigenvalue weighted by Gasteiger charge is 2.15. The first-order chi connectivity index (χ1) is 8.58. The average Bonchev–Trinajstić information content (AvgIpc) is 2.77. The molecular weight excluding hydrogens is 259 g/mol. The number of pyridine rings is 1. The van der Waals surface area contributed by atoms with Gasteiger partial charge in [-0.15, -0.1) is 11.3 Å². The summed E-state index contributed by atoms with van der Waals surface area (Å²) in [7, 11) is 0. The molecule has 92 valence electrons. The molecule has 0 fully saturated rings. The minimum Gasteiger partial charge on any atom is -0.478 e. The Kier molecular flexibility index (Phi) is 3.33. The third kappa shape index (κ3) is 2.51. The van der Waals surface area contributed by atoms with E-state index >= 15 is 0 Å². The molecule has 0 aliphatic rings. The molecule has 2 aromatic rings. The Hall–Kier alpha value is -2.28. The highest BCUT2D eigenvalue weighted by molar-refractivity contribution is 7.14. The van der Waals surface area contributed by atoms with Gasteiger partial charge in [-0.3, -0.25) is 9.78 Å². The molecule has 0 atom stereocenters. The number of rotatable bonds is 3. The van der Waals surface area contributed by atoms with Crippen molar-refractivity contribution < 1.29 is 19.1 Å². The van der Waals surface area contributed by atoms with Gasteiger partial charge in [0.1, 0.15) is 10.8 Å². The number of hydrogen-bond acceptors (Lipinski definition) is 4. The predicted octanol–water partition coefficient (Wildman–Crippen LogP) is 2.23. The summed E-state index contributed by atoms with van der Waals surface area (Å²) in [5.41, 5.74) is 0.0254. The SMILES string of the molecule is O=C(Nc1sccc1C(=O)O)c1cncc(F)c1. The minimum absolute atomic E-state index is 0.00212. The molecule has 0 aliphatic carbocycles. The van der Waals surface area contributed by atoms with E-state index in [0.717, 1.165) is 23.6 Å². The van der Waals surface area contributed by atoms with Crippen LogP contribution in [0.5, 0.6) is 0 Å². The molecule has 7 heteroatoms. The maximum atomic E-state index is 12.9. The van der Waals surface area contributed by atoms with Crippen molar-refractivity contribution in [2.75, 3.05) is 5.32 Å². The van der Waals surface area contributed by atoms with Crippen LogP contribution in [0.25, 0.3) is 0 Å². The van der Waals surface area contributed by atoms with Crippen LogP contribution in [0.3, 0.4) is 0 Å². The summed E-state index contributed by atoms with van der Waals surface area (Å²) >= 11 is 1.08. The van der Waals surface area contributed by atoms with E-state index in [2.05, 4.69) is 10.3 Å². The van der Waals surface area contributed by atoms with Crippen LogP contribution in [0, 0.1) is 5.82 Å². The van der Waals surface area contributed by atoms with E-state index in [1.807, 2.05) is 0 Å². The molecule has 2 N–H and O–H groups in total. The van der Waals surface area contributed by atoms with Crippen molar-refractivity contribution in [3.63, 3.8) is 0 Å². The number of aromatic nitrogens is 1. The van der Waals surface area contributed by atoms with Gasteiger partial charge in [-0.1, -0.05) is 0 Å². The van der Waals surface area contributed by atoms with E-state index in [1.54, 1.807) is 5.38 Å². The minimum atomic E-state index is -1.14. The van der Waals surface area contributed by atoms with Crippen molar-refractivity contribution in [3.8, 4) is 0 Å². The topological polar surface area (TPSA) is 79.3 Å². The molecule has 2 rings (SSSR count). The van der Waals surface area contributed by atoms with Gasteiger partial charge in [-0.05, 0) is 17.5 Å². The number of carboxylic acid groups (broad SMARTS) is 1. The van der Waals surface area contributed by atoms with Crippen molar-refractivity contribution in [1.29, 1.82) is 0 Å². The zero-order chi connectivity index (χ0) is 13.1. The first-order valence-electron chi connectivity index (χ1n) is 4.80. The van der Waals surface area contributed by atoms with Gasteiger partial charge in [-0.2, -0.15) is 0 Å². The molecule has 1 amide bonds. The number of thiophene rings is 1. The van der Waals surface area contributed by atoms with Crippen LogP contribution < -0.4 is 5.32 Å². The number of nitrogens with zero attached hydrogens (tertiary/aromatic N) is 1. The van der Waals surface area contributed by atoms with Crippen LogP contribution in [0.1, 0.15) is 20.7 Å². The monoisotopic (exact) mass is 266 g/mol. The first kappa shape index (κ1) is 12.2. The van der Waals surface area contributed by atoms with Gasteiger partial charge < -0.3 is 10.4 Å². The summed E-state index contributed by atoms with van der Waals surface area (Å²) in [5, 5.41) is 13.0. The predicted molar refractivity (Wildman–Crippen MR) is 63.4 cm³/mol. The second-order valence-electron chi connectivity index (χ2n) is 3.31. The zero-order valence-electron chi connectivity index (χ0n) is 8.88. The lowest BCUT2D eigenvalue weighted by molar-refractivity contribution is 0.0698. The van der Waals surface area contributed by atoms with E-state index in [-0.39, 0.29) is 16.1 Å². The summed E-state index contributed by atoms with van der Waals surface area (Å²) in [6.07, 6.45) is 2.18. The molecule has 0 saturated carbocycles. The lowest BCUT2D eigenvalue weighted by Crippen LogP contribution is -2.13. The maximum Gasteiger partial charge on any atom is 0.338 e. The number of carbonyl (C=O) groups is 2. The number of aromatic carboxylic acids is 1. The van der Waals surface area contributed by atoms with E-state index < -0.39 is 17.7 Å². The maximum absolute atomic E-state index is 12.9. The number of amides is 1. The number of hydrogen-bond donors (Lipinski definition) is 2. The quantitative estimate of drug-likeness (QED) is 0.892. The molecule has 2 aromatic heterocycles. The number of carbonyl (C=O) groups excluding carboxylic acids is 1. The fraction of sp³-hybridized carbons (Fsp3) is 0. The standard InChI is InChI=1S/C11H7FN2O3S/c12-7-3-6(4-13-5-7)9(15)14-10-8(11(16)17)1-2-18-10/h1-5H,(H,14,15)(H,16,17). The van der Waals surface area contributed by atoms with E-state index in [0.29, 0.717) is 0 Å². The third-order valence-corrected chi connectivity index (χ3v) is 2.92. The van der Waals surface area contributed by atoms with Crippen LogP contribution in [-0.4, -0.2) is 22.0 Å². The Morgan fingerprint density at radius 3 is 2.83 bits per heavy atom. The second-order valence-corrected chi connectivity index (χ2v) is 4.23. The average molecular weight is 266 g/mol. The van der Waals surface area contributed by atoms with Crippen LogP contribution in [-0.2, 0) is 0 Å². The van der Waals surface area contributed by atoms with Crippen LogP contribution in [0.2, 0.25) is 0 Å². The molecule has 0 aromatic carbocycles. The highest BCUT2D eigenvalue weighted by Crippen LogP contribution is 2.23. The third-order valence-electron chi connectivity index (χ3n) is 2.09. The molecule has 18 heavy (non-hydrogen) atoms. The van der Waals surface area contributed by atoms with Gasteiger partial charge in [0.2, 0.25) is 0 Å². The Morgan fingerprint density at radius 2 is 2.17 bits per heavy atom. The largest absolute Gasteiger partial charge is 0.478 e. The molecule has 2 heterocycles. The molecule has 0 bridgehead atoms. The number of halogens is 1. The number of nitrogens with one attached hydrogen (secondary N) is 1. The Bertz CT molecular complexity index is 612. The van der Waals surface area contributed by atoms with Crippen molar-refractivity contribution in [2.45, 2.75) is 0 Å². The van der Waals surface area contributed by atoms with Gasteiger partial charge in [0.05, 0.1) is 17.3 Å². The number of carboxylic acids is 1. The Balaban J connectivity index is 2.21. The van der Waals surface area contributed by atoms with Crippen molar-refractivity contribution in [1.82, 2.24) is 4.98 Å². The summed E-state index contributed by atoms with van der Waals surface area (Å²) < 4.78 is 12.9. The van der Waals surface area contributed by atoms with Crippen molar-refractivity contribution in [3.05, 3.63) is 46.9 Å². The summed E-state index contributed by atoms with van der Waals surface area (Å²) in [4.78, 5) is 26.1. The molecule has 0 saturated heterocycles. The van der Waals surface area contributed by atoms with Crippen molar-refractivity contribution >= 4 is 28.2 Å². The Labute approximate surface area is 105 Å². The fourth-order valence-corrected chi connectivity index (χ4v) is 2.06. The zero-order valence-corrected chi connectivity index (χ0v) is 9.70. The highest BCUT2D eigenvalue weighted by atomic mass is 32.1. The Morgan fingerprint density at radius 1 is 1.39 bits per heavy atom. The molecule has 0 spiro atoms. The lowest BCUT2D eigenvalue weighted by atomic mass is 10.2. The van der Waals surface area contributed by atoms with Gasteiger partial charge in [-0.25, -0.2) is 9.18 Å². The van der Waals surface area contributed by atoms with Gasteiger partial charge >= 0.3 is 5.97 Å². The van der Waals surface area contributed by atoms with Crippen LogP contribution >= 0.6 is 11.3 Å². The van der Waals surface area contributed by atoms with Crippen molar-refractivity contribution in [2.24, 2.45) is 0 Å². The van der Waals surface area contributed by atoms with Gasteiger partial charge in [0, 0.05) is 6.20 Å². The van der Waals surface area contributed by atoms with E-state index in [4.69, 9.17) is 5.11 Å². The normalized spacial score (nSPS) is 10.1. The summed E-state index contributed by atoms with van der Waals surface area (Å²) in [6.45, 7) is 0. The summed E-state index contributed by atoms with van der Waals surface area (Å²) in [6, 6.07) is 2.41. The summed E-state index contributed by atoms with van der Waals surface area (Å²) in [5.74, 6) is -2.37. The smallest absolute Gasteiger partial charge is 0.338 e. The lowest BCUT2D eigenvalue weighted by Gasteiger charge is -2.03. The van der Waals surface area contributed by atoms with E-state index in [1.165, 1.54) is 12.3 Å².